The second-order valence-electron chi connectivity index (χ2n) is 3.39. The molecule has 1 N–H and O–H groups in total. The van der Waals surface area contributed by atoms with Crippen LogP contribution in [0.1, 0.15) is 5.76 Å². The van der Waals surface area contributed by atoms with Crippen LogP contribution in [0.2, 0.25) is 0 Å². The predicted octanol–water partition coefficient (Wildman–Crippen LogP) is 2.30. The SMILES string of the molecule is COc1ccc(NCc2cnco2)cc1OC. The van der Waals surface area contributed by atoms with E-state index in [1.807, 2.05) is 18.2 Å². The van der Waals surface area contributed by atoms with E-state index < -0.39 is 0 Å². The first-order valence-electron chi connectivity index (χ1n) is 5.16. The number of benzene rings is 1. The molecule has 2 rings (SSSR count). The van der Waals surface area contributed by atoms with Crippen molar-refractivity contribution in [3.8, 4) is 11.5 Å². The van der Waals surface area contributed by atoms with Gasteiger partial charge in [0.25, 0.3) is 0 Å². The van der Waals surface area contributed by atoms with E-state index in [2.05, 4.69) is 10.3 Å². The Morgan fingerprint density at radius 2 is 2.06 bits per heavy atom. The van der Waals surface area contributed by atoms with Crippen molar-refractivity contribution >= 4 is 5.69 Å². The van der Waals surface area contributed by atoms with Gasteiger partial charge in [-0.15, -0.1) is 0 Å². The number of aromatic nitrogens is 1. The van der Waals surface area contributed by atoms with E-state index in [0.29, 0.717) is 18.0 Å². The van der Waals surface area contributed by atoms with Crippen molar-refractivity contribution in [2.75, 3.05) is 19.5 Å². The molecule has 2 aromatic rings. The van der Waals surface area contributed by atoms with Crippen molar-refractivity contribution in [3.63, 3.8) is 0 Å². The second kappa shape index (κ2) is 5.25. The molecule has 0 aliphatic rings. The Balaban J connectivity index is 2.06. The normalized spacial score (nSPS) is 10.0. The van der Waals surface area contributed by atoms with Gasteiger partial charge in [0, 0.05) is 11.8 Å². The highest BCUT2D eigenvalue weighted by molar-refractivity contribution is 5.54. The number of rotatable bonds is 5. The fourth-order valence-electron chi connectivity index (χ4n) is 1.46. The third-order valence-electron chi connectivity index (χ3n) is 2.33. The summed E-state index contributed by atoms with van der Waals surface area (Å²) in [6, 6.07) is 5.63. The van der Waals surface area contributed by atoms with Crippen molar-refractivity contribution < 1.29 is 13.9 Å². The first-order valence-corrected chi connectivity index (χ1v) is 5.16. The van der Waals surface area contributed by atoms with Crippen LogP contribution in [0, 0.1) is 0 Å². The molecule has 0 aliphatic carbocycles. The molecule has 1 heterocycles. The van der Waals surface area contributed by atoms with Gasteiger partial charge in [0.15, 0.2) is 17.9 Å². The van der Waals surface area contributed by atoms with Crippen molar-refractivity contribution in [1.82, 2.24) is 4.98 Å². The molecule has 0 spiro atoms. The molecule has 0 unspecified atom stereocenters. The van der Waals surface area contributed by atoms with E-state index in [1.165, 1.54) is 6.39 Å². The Bertz CT molecular complexity index is 469. The third kappa shape index (κ3) is 2.69. The predicted molar refractivity (Wildman–Crippen MR) is 63.4 cm³/mol. The number of methoxy groups -OCH3 is 2. The molecular weight excluding hydrogens is 220 g/mol. The molecule has 0 bridgehead atoms. The Morgan fingerprint density at radius 1 is 1.24 bits per heavy atom. The molecule has 5 heteroatoms. The van der Waals surface area contributed by atoms with Gasteiger partial charge in [-0.3, -0.25) is 0 Å². The summed E-state index contributed by atoms with van der Waals surface area (Å²) in [6.45, 7) is 0.579. The molecule has 5 nitrogen and oxygen atoms in total. The average Bonchev–Trinajstić information content (AvgIpc) is 2.89. The lowest BCUT2D eigenvalue weighted by Crippen LogP contribution is -1.99. The summed E-state index contributed by atoms with van der Waals surface area (Å²) in [5.41, 5.74) is 0.930. The maximum atomic E-state index is 5.21. The highest BCUT2D eigenvalue weighted by Crippen LogP contribution is 2.29. The van der Waals surface area contributed by atoms with E-state index in [1.54, 1.807) is 20.4 Å². The van der Waals surface area contributed by atoms with Crippen LogP contribution < -0.4 is 14.8 Å². The van der Waals surface area contributed by atoms with E-state index in [0.717, 1.165) is 11.4 Å². The van der Waals surface area contributed by atoms with E-state index in [4.69, 9.17) is 13.9 Å². The smallest absolute Gasteiger partial charge is 0.180 e. The van der Waals surface area contributed by atoms with Crippen LogP contribution in [0.3, 0.4) is 0 Å². The molecule has 0 fully saturated rings. The zero-order chi connectivity index (χ0) is 12.1. The van der Waals surface area contributed by atoms with E-state index >= 15 is 0 Å². The van der Waals surface area contributed by atoms with Crippen LogP contribution in [0.5, 0.6) is 11.5 Å². The van der Waals surface area contributed by atoms with Crippen molar-refractivity contribution in [1.29, 1.82) is 0 Å². The summed E-state index contributed by atoms with van der Waals surface area (Å²) in [4.78, 5) is 3.84. The minimum Gasteiger partial charge on any atom is -0.493 e. The van der Waals surface area contributed by atoms with Crippen LogP contribution in [0.15, 0.2) is 35.2 Å². The Kier molecular flexibility index (Phi) is 3.49. The molecule has 0 saturated carbocycles. The van der Waals surface area contributed by atoms with Crippen molar-refractivity contribution in [3.05, 3.63) is 36.5 Å². The molecule has 0 radical (unpaired) electrons. The van der Waals surface area contributed by atoms with Crippen LogP contribution in [0.25, 0.3) is 0 Å². The fourth-order valence-corrected chi connectivity index (χ4v) is 1.46. The summed E-state index contributed by atoms with van der Waals surface area (Å²) in [5, 5.41) is 3.20. The maximum absolute atomic E-state index is 5.21. The summed E-state index contributed by atoms with van der Waals surface area (Å²) in [6.07, 6.45) is 3.08. The Hall–Kier alpha value is -2.17. The van der Waals surface area contributed by atoms with Gasteiger partial charge in [0.2, 0.25) is 0 Å². The number of anilines is 1. The molecule has 0 saturated heterocycles. The Morgan fingerprint density at radius 3 is 2.71 bits per heavy atom. The topological polar surface area (TPSA) is 56.5 Å². The summed E-state index contributed by atoms with van der Waals surface area (Å²) in [5.74, 6) is 2.17. The minimum atomic E-state index is 0.579. The Labute approximate surface area is 99.4 Å². The second-order valence-corrected chi connectivity index (χ2v) is 3.39. The molecule has 17 heavy (non-hydrogen) atoms. The van der Waals surface area contributed by atoms with Gasteiger partial charge in [0.05, 0.1) is 27.0 Å². The number of ether oxygens (including phenoxy) is 2. The van der Waals surface area contributed by atoms with E-state index in [-0.39, 0.29) is 0 Å². The highest BCUT2D eigenvalue weighted by atomic mass is 16.5. The van der Waals surface area contributed by atoms with Gasteiger partial charge >= 0.3 is 0 Å². The number of oxazole rings is 1. The highest BCUT2D eigenvalue weighted by Gasteiger charge is 2.04. The van der Waals surface area contributed by atoms with Gasteiger partial charge in [-0.1, -0.05) is 0 Å². The van der Waals surface area contributed by atoms with Gasteiger partial charge in [-0.25, -0.2) is 4.98 Å². The number of hydrogen-bond donors (Lipinski definition) is 1. The van der Waals surface area contributed by atoms with Gasteiger partial charge in [-0.2, -0.15) is 0 Å². The zero-order valence-electron chi connectivity index (χ0n) is 9.77. The largest absolute Gasteiger partial charge is 0.493 e. The van der Waals surface area contributed by atoms with Crippen molar-refractivity contribution in [2.45, 2.75) is 6.54 Å². The molecular formula is C12H14N2O3. The van der Waals surface area contributed by atoms with Crippen LogP contribution in [-0.4, -0.2) is 19.2 Å². The quantitative estimate of drug-likeness (QED) is 0.860. The first-order chi connectivity index (χ1) is 8.33. The minimum absolute atomic E-state index is 0.579. The average molecular weight is 234 g/mol. The molecule has 1 aromatic heterocycles. The first kappa shape index (κ1) is 11.3. The standard InChI is InChI=1S/C12H14N2O3/c1-15-11-4-3-9(5-12(11)16-2)14-7-10-6-13-8-17-10/h3-6,8,14H,7H2,1-2H3. The van der Waals surface area contributed by atoms with Gasteiger partial charge < -0.3 is 19.2 Å². The number of hydrogen-bond acceptors (Lipinski definition) is 5. The number of nitrogens with one attached hydrogen (secondary N) is 1. The molecule has 0 aliphatic heterocycles. The lowest BCUT2D eigenvalue weighted by atomic mass is 10.2. The monoisotopic (exact) mass is 234 g/mol. The summed E-state index contributed by atoms with van der Waals surface area (Å²) >= 11 is 0. The zero-order valence-corrected chi connectivity index (χ0v) is 9.77. The van der Waals surface area contributed by atoms with Crippen LogP contribution in [-0.2, 0) is 6.54 Å². The summed E-state index contributed by atoms with van der Waals surface area (Å²) in [7, 11) is 3.22. The molecule has 1 aromatic carbocycles. The van der Waals surface area contributed by atoms with Gasteiger partial charge in [-0.05, 0) is 12.1 Å². The van der Waals surface area contributed by atoms with Crippen molar-refractivity contribution in [2.24, 2.45) is 0 Å². The lowest BCUT2D eigenvalue weighted by Gasteiger charge is -2.10. The summed E-state index contributed by atoms with van der Waals surface area (Å²) < 4.78 is 15.5. The van der Waals surface area contributed by atoms with Gasteiger partial charge in [0.1, 0.15) is 5.76 Å². The lowest BCUT2D eigenvalue weighted by molar-refractivity contribution is 0.355. The molecule has 0 atom stereocenters. The maximum Gasteiger partial charge on any atom is 0.180 e. The fraction of sp³-hybridized carbons (Fsp3) is 0.250. The molecule has 0 amide bonds. The van der Waals surface area contributed by atoms with E-state index in [9.17, 15) is 0 Å². The van der Waals surface area contributed by atoms with Crippen LogP contribution in [0.4, 0.5) is 5.69 Å². The number of nitrogens with zero attached hydrogens (tertiary/aromatic N) is 1. The van der Waals surface area contributed by atoms with Crippen LogP contribution >= 0.6 is 0 Å². The molecule has 90 valence electrons. The third-order valence-corrected chi connectivity index (χ3v) is 2.33.